The van der Waals surface area contributed by atoms with Gasteiger partial charge in [-0.05, 0) is 6.92 Å². The van der Waals surface area contributed by atoms with E-state index in [2.05, 4.69) is 13.8 Å². The number of hydrogen-bond donors (Lipinski definition) is 0. The van der Waals surface area contributed by atoms with Crippen LogP contribution in [0.3, 0.4) is 0 Å². The zero-order valence-electron chi connectivity index (χ0n) is 7.60. The smallest absolute Gasteiger partial charge is 0.423 e. The Hall–Kier alpha value is -0.190. The zero-order chi connectivity index (χ0) is 12.6. The molecule has 0 spiro atoms. The van der Waals surface area contributed by atoms with Crippen molar-refractivity contribution in [1.29, 1.82) is 0 Å². The van der Waals surface area contributed by atoms with Crippen molar-refractivity contribution in [3.8, 4) is 0 Å². The third-order valence-electron chi connectivity index (χ3n) is 1.17. The standard InChI is InChI=1S/C3H5F5N3O2P3/c1-2-13-3(12)14(4)9-15(5,6)11-16(7,8)10-14/h2H2,1H3. The van der Waals surface area contributed by atoms with E-state index in [4.69, 9.17) is 0 Å². The van der Waals surface area contributed by atoms with Crippen LogP contribution in [0.4, 0.5) is 25.8 Å². The predicted octanol–water partition coefficient (Wildman–Crippen LogP) is 5.93. The molecule has 0 bridgehead atoms. The second-order valence-corrected chi connectivity index (χ2v) is 7.79. The summed E-state index contributed by atoms with van der Waals surface area (Å²) in [6.45, 7) is 0.916. The number of rotatable bonds is 2. The molecule has 0 aromatic rings. The Kier molecular flexibility index (Phi) is 3.68. The lowest BCUT2D eigenvalue weighted by Gasteiger charge is -2.14. The molecule has 1 unspecified atom stereocenters. The lowest BCUT2D eigenvalue weighted by molar-refractivity contribution is 0.178. The predicted molar refractivity (Wildman–Crippen MR) is 50.6 cm³/mol. The number of carbonyl (C=O) groups excluding carboxylic acids is 1. The van der Waals surface area contributed by atoms with Crippen molar-refractivity contribution in [3.05, 3.63) is 0 Å². The van der Waals surface area contributed by atoms with Gasteiger partial charge in [0.1, 0.15) is 0 Å². The van der Waals surface area contributed by atoms with E-state index in [0.717, 1.165) is 0 Å². The molecule has 0 saturated heterocycles. The first-order valence-corrected chi connectivity index (χ1v) is 8.21. The van der Waals surface area contributed by atoms with E-state index >= 15 is 0 Å². The van der Waals surface area contributed by atoms with Crippen molar-refractivity contribution in [2.75, 3.05) is 6.61 Å². The van der Waals surface area contributed by atoms with Crippen molar-refractivity contribution in [2.45, 2.75) is 6.92 Å². The fourth-order valence-electron chi connectivity index (χ4n) is 0.747. The van der Waals surface area contributed by atoms with Crippen molar-refractivity contribution in [2.24, 2.45) is 13.5 Å². The Morgan fingerprint density at radius 3 is 2.00 bits per heavy atom. The maximum atomic E-state index is 13.5. The first kappa shape index (κ1) is 13.9. The van der Waals surface area contributed by atoms with Gasteiger partial charge in [0, 0.05) is 0 Å². The highest BCUT2D eigenvalue weighted by molar-refractivity contribution is 7.87. The van der Waals surface area contributed by atoms with Gasteiger partial charge in [0.05, 0.1) is 6.61 Å². The monoisotopic (exact) mass is 303 g/mol. The second kappa shape index (κ2) is 4.24. The van der Waals surface area contributed by atoms with Crippen molar-refractivity contribution >= 4 is 28.9 Å². The molecule has 1 atom stereocenters. The molecule has 0 saturated carbocycles. The second-order valence-electron chi connectivity index (χ2n) is 2.40. The fourth-order valence-corrected chi connectivity index (χ4v) is 6.34. The SMILES string of the molecule is CCOC(=O)P1(F)=NP(F)(F)=NP(F)(F)=N1. The minimum absolute atomic E-state index is 0.347. The van der Waals surface area contributed by atoms with Crippen LogP contribution in [0.25, 0.3) is 0 Å². The normalized spacial score (nSPS) is 30.6. The number of halogens is 5. The highest BCUT2D eigenvalue weighted by atomic mass is 31.3. The Labute approximate surface area is 87.3 Å². The van der Waals surface area contributed by atoms with E-state index in [1.54, 1.807) is 4.52 Å². The molecule has 0 aromatic heterocycles. The van der Waals surface area contributed by atoms with E-state index < -0.39 is 28.9 Å². The number of nitrogens with zero attached hydrogens (tertiary/aromatic N) is 3. The topological polar surface area (TPSA) is 63.4 Å². The van der Waals surface area contributed by atoms with Crippen molar-refractivity contribution in [3.63, 3.8) is 0 Å². The fraction of sp³-hybridized carbons (Fsp3) is 0.667. The van der Waals surface area contributed by atoms with E-state index in [0.29, 0.717) is 0 Å². The summed E-state index contributed by atoms with van der Waals surface area (Å²) < 4.78 is 74.1. The molecule has 0 aliphatic carbocycles. The summed E-state index contributed by atoms with van der Waals surface area (Å²) in [6, 6.07) is 0. The summed E-state index contributed by atoms with van der Waals surface area (Å²) in [5, 5.41) is 0. The number of carbonyl (C=O) groups is 1. The van der Waals surface area contributed by atoms with E-state index in [1.165, 1.54) is 6.92 Å². The highest BCUT2D eigenvalue weighted by Gasteiger charge is 2.44. The van der Waals surface area contributed by atoms with Gasteiger partial charge in [0.15, 0.2) is 0 Å². The van der Waals surface area contributed by atoms with Gasteiger partial charge < -0.3 is 4.74 Å². The van der Waals surface area contributed by atoms with Gasteiger partial charge in [-0.25, -0.2) is 4.79 Å². The molecule has 5 nitrogen and oxygen atoms in total. The van der Waals surface area contributed by atoms with Gasteiger partial charge in [0.2, 0.25) is 0 Å². The maximum Gasteiger partial charge on any atom is 0.423 e. The van der Waals surface area contributed by atoms with Crippen molar-refractivity contribution < 1.29 is 30.5 Å². The van der Waals surface area contributed by atoms with Crippen LogP contribution in [0.5, 0.6) is 0 Å². The number of ether oxygens (including phenoxy) is 1. The molecule has 0 N–H and O–H groups in total. The lowest BCUT2D eigenvalue weighted by atomic mass is 10.9. The van der Waals surface area contributed by atoms with Crippen LogP contribution in [0, 0.1) is 0 Å². The molecule has 1 aliphatic heterocycles. The highest BCUT2D eigenvalue weighted by Crippen LogP contribution is 2.81. The van der Waals surface area contributed by atoms with Crippen LogP contribution >= 0.6 is 23.2 Å². The third kappa shape index (κ3) is 3.15. The number of hydrogen-bond acceptors (Lipinski definition) is 5. The summed E-state index contributed by atoms with van der Waals surface area (Å²) in [5.41, 5.74) is -1.87. The molecular formula is C3H5F5N3O2P3. The average molecular weight is 303 g/mol. The van der Waals surface area contributed by atoms with Crippen LogP contribution in [-0.4, -0.2) is 12.3 Å². The van der Waals surface area contributed by atoms with Gasteiger partial charge in [-0.15, -0.1) is 30.3 Å². The molecule has 16 heavy (non-hydrogen) atoms. The molecule has 94 valence electrons. The Morgan fingerprint density at radius 2 is 1.56 bits per heavy atom. The van der Waals surface area contributed by atoms with Crippen molar-refractivity contribution in [1.82, 2.24) is 0 Å². The molecule has 13 heteroatoms. The van der Waals surface area contributed by atoms with E-state index in [-0.39, 0.29) is 6.61 Å². The minimum atomic E-state index is -5.83. The molecule has 0 radical (unpaired) electrons. The summed E-state index contributed by atoms with van der Waals surface area (Å²) in [4.78, 5) is 10.9. The molecular weight excluding hydrogens is 298 g/mol. The average Bonchev–Trinajstić information content (AvgIpc) is 1.97. The van der Waals surface area contributed by atoms with E-state index in [9.17, 15) is 25.8 Å². The van der Waals surface area contributed by atoms with Gasteiger partial charge in [-0.3, -0.25) is 0 Å². The minimum Gasteiger partial charge on any atom is -0.458 e. The molecule has 1 rings (SSSR count). The summed E-state index contributed by atoms with van der Waals surface area (Å²) >= 11 is 0. The maximum absolute atomic E-state index is 13.5. The third-order valence-corrected chi connectivity index (χ3v) is 7.10. The van der Waals surface area contributed by atoms with E-state index in [1.807, 2.05) is 0 Å². The zero-order valence-corrected chi connectivity index (χ0v) is 10.3. The molecule has 1 aliphatic rings. The Balaban J connectivity index is 3.37. The van der Waals surface area contributed by atoms with Gasteiger partial charge in [-0.2, -0.15) is 4.20 Å². The lowest BCUT2D eigenvalue weighted by Crippen LogP contribution is -1.99. The molecule has 0 amide bonds. The van der Waals surface area contributed by atoms with Gasteiger partial charge >= 0.3 is 28.9 Å². The summed E-state index contributed by atoms with van der Waals surface area (Å²) in [5.74, 6) is 0. The summed E-state index contributed by atoms with van der Waals surface area (Å²) in [7, 11) is -17.0. The Bertz CT molecular complexity index is 469. The molecule has 0 aromatic carbocycles. The summed E-state index contributed by atoms with van der Waals surface area (Å²) in [6.07, 6.45) is 0. The van der Waals surface area contributed by atoms with Crippen LogP contribution in [-0.2, 0) is 4.74 Å². The first-order valence-electron chi connectivity index (χ1n) is 3.67. The first-order chi connectivity index (χ1) is 7.10. The molecule has 0 fully saturated rings. The van der Waals surface area contributed by atoms with Crippen LogP contribution in [0.1, 0.15) is 6.92 Å². The molecule has 1 heterocycles. The van der Waals surface area contributed by atoms with Gasteiger partial charge in [0.25, 0.3) is 0 Å². The van der Waals surface area contributed by atoms with Crippen LogP contribution in [0.2, 0.25) is 0 Å². The van der Waals surface area contributed by atoms with Crippen LogP contribution < -0.4 is 0 Å². The van der Waals surface area contributed by atoms with Crippen LogP contribution in [0.15, 0.2) is 13.5 Å². The van der Waals surface area contributed by atoms with Gasteiger partial charge in [-0.1, -0.05) is 0 Å². The Morgan fingerprint density at radius 1 is 1.06 bits per heavy atom. The largest absolute Gasteiger partial charge is 0.458 e. The quantitative estimate of drug-likeness (QED) is 0.469.